The molecule has 0 radical (unpaired) electrons. The first kappa shape index (κ1) is 19.6. The summed E-state index contributed by atoms with van der Waals surface area (Å²) in [5.74, 6) is -2.29. The minimum atomic E-state index is -2.46. The topological polar surface area (TPSA) is 72.7 Å². The van der Waals surface area contributed by atoms with Gasteiger partial charge in [0.15, 0.2) is 0 Å². The van der Waals surface area contributed by atoms with E-state index in [-0.39, 0.29) is 5.91 Å². The fraction of sp³-hybridized carbons (Fsp3) is 0.467. The Kier molecular flexibility index (Phi) is 7.18. The van der Waals surface area contributed by atoms with E-state index in [0.717, 1.165) is 0 Å². The first-order valence-corrected chi connectivity index (χ1v) is 9.39. The van der Waals surface area contributed by atoms with Crippen LogP contribution in [0.1, 0.15) is 20.8 Å². The number of nitrogens with zero attached hydrogens (tertiary/aromatic N) is 4. The zero-order valence-corrected chi connectivity index (χ0v) is 15.7. The molecule has 1 aromatic heterocycles. The van der Waals surface area contributed by atoms with Gasteiger partial charge in [0, 0.05) is 17.1 Å². The molecule has 1 amide bonds. The third-order valence-electron chi connectivity index (χ3n) is 3.04. The van der Waals surface area contributed by atoms with Gasteiger partial charge in [-0.15, -0.1) is 5.10 Å². The van der Waals surface area contributed by atoms with Crippen molar-refractivity contribution in [3.63, 3.8) is 0 Å². The predicted molar refractivity (Wildman–Crippen MR) is 94.9 cm³/mol. The Balaban J connectivity index is 1.93. The van der Waals surface area contributed by atoms with Gasteiger partial charge in [-0.25, -0.2) is 4.68 Å². The molecule has 0 bridgehead atoms. The van der Waals surface area contributed by atoms with Gasteiger partial charge in [-0.3, -0.25) is 4.79 Å². The molecule has 1 aromatic carbocycles. The summed E-state index contributed by atoms with van der Waals surface area (Å²) in [7, 11) is 0. The minimum Gasteiger partial charge on any atom is -0.325 e. The molecule has 1 N–H and O–H groups in total. The first-order chi connectivity index (χ1) is 11.8. The van der Waals surface area contributed by atoms with Crippen molar-refractivity contribution >= 4 is 35.1 Å². The van der Waals surface area contributed by atoms with Gasteiger partial charge in [0.2, 0.25) is 11.1 Å². The molecule has 1 heterocycles. The molecule has 1 atom stereocenters. The lowest BCUT2D eigenvalue weighted by molar-refractivity contribution is -0.115. The zero-order chi connectivity index (χ0) is 18.4. The summed E-state index contributed by atoms with van der Waals surface area (Å²) >= 11 is 1.74. The molecule has 0 aliphatic heterocycles. The Labute approximate surface area is 153 Å². The number of alkyl halides is 2. The van der Waals surface area contributed by atoms with Crippen LogP contribution in [0.3, 0.4) is 0 Å². The van der Waals surface area contributed by atoms with Gasteiger partial charge < -0.3 is 5.32 Å². The number of hydrogen-bond acceptors (Lipinski definition) is 6. The highest BCUT2D eigenvalue weighted by molar-refractivity contribution is 8.00. The molecule has 0 unspecified atom stereocenters. The molecule has 0 saturated heterocycles. The fourth-order valence-electron chi connectivity index (χ4n) is 1.92. The number of carbonyl (C=O) groups excluding carboxylic acids is 1. The number of rotatable bonds is 8. The lowest BCUT2D eigenvalue weighted by atomic mass is 10.2. The highest BCUT2D eigenvalue weighted by Crippen LogP contribution is 2.27. The van der Waals surface area contributed by atoms with Gasteiger partial charge in [0.1, 0.15) is 0 Å². The molecular weight excluding hydrogens is 368 g/mol. The van der Waals surface area contributed by atoms with E-state index in [9.17, 15) is 13.6 Å². The number of anilines is 1. The van der Waals surface area contributed by atoms with Crippen molar-refractivity contribution in [1.29, 1.82) is 0 Å². The third kappa shape index (κ3) is 6.28. The molecule has 0 saturated carbocycles. The maximum absolute atomic E-state index is 12.3. The van der Waals surface area contributed by atoms with Crippen molar-refractivity contribution in [2.24, 2.45) is 5.92 Å². The lowest BCUT2D eigenvalue weighted by Crippen LogP contribution is -2.23. The number of amides is 1. The molecule has 2 rings (SSSR count). The van der Waals surface area contributed by atoms with Gasteiger partial charge in [-0.1, -0.05) is 37.4 Å². The van der Waals surface area contributed by atoms with Gasteiger partial charge in [-0.2, -0.15) is 8.78 Å². The van der Waals surface area contributed by atoms with E-state index in [4.69, 9.17) is 0 Å². The number of hydrogen-bond donors (Lipinski definition) is 1. The Morgan fingerprint density at radius 1 is 1.20 bits per heavy atom. The van der Waals surface area contributed by atoms with Crippen LogP contribution in [0.2, 0.25) is 0 Å². The average Bonchev–Trinajstić information content (AvgIpc) is 2.94. The van der Waals surface area contributed by atoms with E-state index in [2.05, 4.69) is 34.7 Å². The predicted octanol–water partition coefficient (Wildman–Crippen LogP) is 3.76. The smallest absolute Gasteiger partial charge is 0.288 e. The second-order valence-corrected chi connectivity index (χ2v) is 8.06. The summed E-state index contributed by atoms with van der Waals surface area (Å²) in [5, 5.41) is 14.5. The summed E-state index contributed by atoms with van der Waals surface area (Å²) in [5.41, 5.74) is 0.554. The number of tetrazole rings is 1. The fourth-order valence-corrected chi connectivity index (χ4v) is 3.21. The normalized spacial score (nSPS) is 12.6. The number of aromatic nitrogens is 4. The largest absolute Gasteiger partial charge is 0.325 e. The van der Waals surface area contributed by atoms with Crippen molar-refractivity contribution in [3.8, 4) is 0 Å². The maximum atomic E-state index is 12.3. The highest BCUT2D eigenvalue weighted by Gasteiger charge is 2.19. The van der Waals surface area contributed by atoms with Crippen LogP contribution < -0.4 is 5.32 Å². The SMILES string of the molecule is CC(C)Cn1nnnc1S[C@H](C)C(=O)Nc1ccc(SC(F)F)cc1. The molecule has 10 heteroatoms. The summed E-state index contributed by atoms with van der Waals surface area (Å²) in [6.45, 7) is 6.55. The summed E-state index contributed by atoms with van der Waals surface area (Å²) in [6.07, 6.45) is 0. The number of benzene rings is 1. The van der Waals surface area contributed by atoms with E-state index in [1.165, 1.54) is 11.8 Å². The van der Waals surface area contributed by atoms with Crippen molar-refractivity contribution < 1.29 is 13.6 Å². The molecular formula is C15H19F2N5OS2. The highest BCUT2D eigenvalue weighted by atomic mass is 32.2. The zero-order valence-electron chi connectivity index (χ0n) is 14.0. The van der Waals surface area contributed by atoms with Crippen LogP contribution in [0.4, 0.5) is 14.5 Å². The molecule has 0 aliphatic carbocycles. The number of thioether (sulfide) groups is 2. The van der Waals surface area contributed by atoms with Crippen LogP contribution in [-0.2, 0) is 11.3 Å². The molecule has 0 fully saturated rings. The minimum absolute atomic E-state index is 0.210. The third-order valence-corrected chi connectivity index (χ3v) is 4.83. The van der Waals surface area contributed by atoms with Crippen molar-refractivity contribution in [3.05, 3.63) is 24.3 Å². The van der Waals surface area contributed by atoms with Crippen LogP contribution in [0.5, 0.6) is 0 Å². The van der Waals surface area contributed by atoms with Crippen molar-refractivity contribution in [2.75, 3.05) is 5.32 Å². The molecule has 25 heavy (non-hydrogen) atoms. The first-order valence-electron chi connectivity index (χ1n) is 7.63. The van der Waals surface area contributed by atoms with Crippen LogP contribution >= 0.6 is 23.5 Å². The van der Waals surface area contributed by atoms with E-state index >= 15 is 0 Å². The number of nitrogens with one attached hydrogen (secondary N) is 1. The lowest BCUT2D eigenvalue weighted by Gasteiger charge is -2.12. The van der Waals surface area contributed by atoms with Crippen molar-refractivity contribution in [2.45, 2.75) is 48.4 Å². The molecule has 6 nitrogen and oxygen atoms in total. The standard InChI is InChI=1S/C15H19F2N5OS2/c1-9(2)8-22-15(19-20-21-22)24-10(3)13(23)18-11-4-6-12(7-5-11)25-14(16)17/h4-7,9-10,14H,8H2,1-3H3,(H,18,23)/t10-/m1/s1. The Morgan fingerprint density at radius 2 is 1.88 bits per heavy atom. The monoisotopic (exact) mass is 387 g/mol. The number of carbonyl (C=O) groups is 1. The van der Waals surface area contributed by atoms with E-state index < -0.39 is 11.0 Å². The van der Waals surface area contributed by atoms with E-state index in [1.54, 1.807) is 35.9 Å². The molecule has 0 aliphatic rings. The summed E-state index contributed by atoms with van der Waals surface area (Å²) < 4.78 is 26.3. The molecule has 136 valence electrons. The second kappa shape index (κ2) is 9.14. The van der Waals surface area contributed by atoms with E-state index in [1.807, 2.05) is 0 Å². The van der Waals surface area contributed by atoms with Gasteiger partial charge in [0.25, 0.3) is 5.76 Å². The molecule has 2 aromatic rings. The second-order valence-electron chi connectivity index (χ2n) is 5.69. The van der Waals surface area contributed by atoms with Gasteiger partial charge >= 0.3 is 0 Å². The van der Waals surface area contributed by atoms with Crippen LogP contribution in [0, 0.1) is 5.92 Å². The van der Waals surface area contributed by atoms with Crippen molar-refractivity contribution in [1.82, 2.24) is 20.2 Å². The summed E-state index contributed by atoms with van der Waals surface area (Å²) in [6, 6.07) is 6.30. The van der Waals surface area contributed by atoms with Crippen LogP contribution in [0.25, 0.3) is 0 Å². The van der Waals surface area contributed by atoms with Crippen LogP contribution in [-0.4, -0.2) is 37.1 Å². The maximum Gasteiger partial charge on any atom is 0.288 e. The van der Waals surface area contributed by atoms with E-state index in [0.29, 0.717) is 40.0 Å². The number of halogens is 2. The Hall–Kier alpha value is -1.68. The van der Waals surface area contributed by atoms with Gasteiger partial charge in [0.05, 0.1) is 5.25 Å². The quantitative estimate of drug-likeness (QED) is 0.695. The van der Waals surface area contributed by atoms with Crippen LogP contribution in [0.15, 0.2) is 34.3 Å². The molecule has 0 spiro atoms. The van der Waals surface area contributed by atoms with Gasteiger partial charge in [-0.05, 0) is 47.5 Å². The summed E-state index contributed by atoms with van der Waals surface area (Å²) in [4.78, 5) is 12.7. The Bertz CT molecular complexity index is 693. The average molecular weight is 387 g/mol. The Morgan fingerprint density at radius 3 is 2.48 bits per heavy atom.